The highest BCUT2D eigenvalue weighted by Gasteiger charge is 2.23. The highest BCUT2D eigenvalue weighted by molar-refractivity contribution is 7.88. The van der Waals surface area contributed by atoms with Crippen LogP contribution in [0.5, 0.6) is 0 Å². The lowest BCUT2D eigenvalue weighted by atomic mass is 10.1. The van der Waals surface area contributed by atoms with Crippen LogP contribution >= 0.6 is 0 Å². The van der Waals surface area contributed by atoms with Crippen LogP contribution in [0, 0.1) is 5.41 Å². The zero-order chi connectivity index (χ0) is 26.7. The number of benzene rings is 3. The molecule has 0 saturated carbocycles. The van der Waals surface area contributed by atoms with Gasteiger partial charge in [0.25, 0.3) is 0 Å². The van der Waals surface area contributed by atoms with Gasteiger partial charge in [-0.2, -0.15) is 4.72 Å². The number of rotatable bonds is 12. The fourth-order valence-electron chi connectivity index (χ4n) is 3.32. The quantitative estimate of drug-likeness (QED) is 0.183. The van der Waals surface area contributed by atoms with Crippen LogP contribution in [0.2, 0.25) is 0 Å². The average Bonchev–Trinajstić information content (AvgIpc) is 2.89. The van der Waals surface area contributed by atoms with E-state index in [-0.39, 0.29) is 24.7 Å². The maximum atomic E-state index is 12.9. The van der Waals surface area contributed by atoms with E-state index in [9.17, 15) is 18.0 Å². The Morgan fingerprint density at radius 1 is 0.865 bits per heavy atom. The molecule has 10 heteroatoms. The van der Waals surface area contributed by atoms with Crippen molar-refractivity contribution in [3.05, 3.63) is 113 Å². The molecule has 3 aromatic rings. The molecule has 0 saturated heterocycles. The third-order valence-corrected chi connectivity index (χ3v) is 6.57. The molecule has 6 N–H and O–H groups in total. The average molecular weight is 520 g/mol. The van der Waals surface area contributed by atoms with Gasteiger partial charge in [-0.25, -0.2) is 8.42 Å². The summed E-state index contributed by atoms with van der Waals surface area (Å²) in [6.07, 6.45) is 3.09. The molecule has 0 bridgehead atoms. The van der Waals surface area contributed by atoms with Crippen LogP contribution in [0.25, 0.3) is 6.08 Å². The second-order valence-electron chi connectivity index (χ2n) is 8.22. The molecule has 3 aromatic carbocycles. The summed E-state index contributed by atoms with van der Waals surface area (Å²) >= 11 is 0. The van der Waals surface area contributed by atoms with Gasteiger partial charge >= 0.3 is 0 Å². The zero-order valence-corrected chi connectivity index (χ0v) is 20.9. The summed E-state index contributed by atoms with van der Waals surface area (Å²) in [4.78, 5) is 25.2. The molecule has 2 amide bonds. The van der Waals surface area contributed by atoms with E-state index in [0.29, 0.717) is 11.1 Å². The topological polar surface area (TPSA) is 154 Å². The molecule has 0 heterocycles. The Kier molecular flexibility index (Phi) is 9.70. The van der Waals surface area contributed by atoms with E-state index in [4.69, 9.17) is 11.1 Å². The summed E-state index contributed by atoms with van der Waals surface area (Å²) < 4.78 is 28.0. The van der Waals surface area contributed by atoms with Crippen molar-refractivity contribution < 1.29 is 18.0 Å². The van der Waals surface area contributed by atoms with Crippen molar-refractivity contribution in [2.45, 2.75) is 18.3 Å². The summed E-state index contributed by atoms with van der Waals surface area (Å²) in [5.74, 6) is -1.44. The van der Waals surface area contributed by atoms with Crippen LogP contribution in [-0.2, 0) is 31.9 Å². The van der Waals surface area contributed by atoms with Crippen molar-refractivity contribution in [1.29, 1.82) is 5.41 Å². The SMILES string of the molecule is N=C(N)c1ccc(CNC(=O)CNC(=O)[C@@H](/C=C/c2ccccc2)NS(=O)(=O)Cc2ccccc2)cc1. The van der Waals surface area contributed by atoms with Gasteiger partial charge in [-0.1, -0.05) is 97.1 Å². The third kappa shape index (κ3) is 9.36. The van der Waals surface area contributed by atoms with Gasteiger partial charge in [0.15, 0.2) is 0 Å². The molecule has 9 nitrogen and oxygen atoms in total. The molecule has 0 spiro atoms. The van der Waals surface area contributed by atoms with Crippen LogP contribution in [0.3, 0.4) is 0 Å². The Hall–Kier alpha value is -4.28. The summed E-state index contributed by atoms with van der Waals surface area (Å²) in [6, 6.07) is 23.4. The smallest absolute Gasteiger partial charge is 0.242 e. The van der Waals surface area contributed by atoms with Gasteiger partial charge in [-0.3, -0.25) is 15.0 Å². The maximum absolute atomic E-state index is 12.9. The van der Waals surface area contributed by atoms with E-state index in [1.807, 2.05) is 30.3 Å². The lowest BCUT2D eigenvalue weighted by Crippen LogP contribution is -2.48. The van der Waals surface area contributed by atoms with Crippen molar-refractivity contribution in [2.24, 2.45) is 5.73 Å². The number of amides is 2. The fourth-order valence-corrected chi connectivity index (χ4v) is 4.61. The van der Waals surface area contributed by atoms with Crippen LogP contribution in [-0.4, -0.2) is 38.7 Å². The van der Waals surface area contributed by atoms with Gasteiger partial charge in [0, 0.05) is 12.1 Å². The second kappa shape index (κ2) is 13.1. The van der Waals surface area contributed by atoms with Crippen molar-refractivity contribution in [2.75, 3.05) is 6.54 Å². The van der Waals surface area contributed by atoms with E-state index >= 15 is 0 Å². The third-order valence-electron chi connectivity index (χ3n) is 5.25. The monoisotopic (exact) mass is 519 g/mol. The Balaban J connectivity index is 1.61. The number of hydrogen-bond acceptors (Lipinski definition) is 5. The van der Waals surface area contributed by atoms with Crippen molar-refractivity contribution >= 4 is 33.7 Å². The first-order valence-electron chi connectivity index (χ1n) is 11.5. The number of sulfonamides is 1. The molecule has 0 aliphatic heterocycles. The van der Waals surface area contributed by atoms with Crippen LogP contribution in [0.4, 0.5) is 0 Å². The molecule has 1 atom stereocenters. The summed E-state index contributed by atoms with van der Waals surface area (Å²) in [7, 11) is -3.86. The summed E-state index contributed by atoms with van der Waals surface area (Å²) in [5.41, 5.74) is 8.17. The summed E-state index contributed by atoms with van der Waals surface area (Å²) in [5, 5.41) is 12.6. The van der Waals surface area contributed by atoms with Crippen LogP contribution in [0.15, 0.2) is 91.0 Å². The van der Waals surface area contributed by atoms with Gasteiger partial charge in [0.2, 0.25) is 21.8 Å². The Labute approximate surface area is 216 Å². The van der Waals surface area contributed by atoms with Gasteiger partial charge < -0.3 is 16.4 Å². The molecule has 0 aromatic heterocycles. The zero-order valence-electron chi connectivity index (χ0n) is 20.1. The highest BCUT2D eigenvalue weighted by Crippen LogP contribution is 2.08. The first-order valence-corrected chi connectivity index (χ1v) is 13.1. The molecular formula is C27H29N5O4S. The molecule has 0 aliphatic carbocycles. The predicted molar refractivity (Wildman–Crippen MR) is 144 cm³/mol. The minimum atomic E-state index is -3.86. The van der Waals surface area contributed by atoms with Gasteiger partial charge in [-0.05, 0) is 16.7 Å². The van der Waals surface area contributed by atoms with E-state index in [2.05, 4.69) is 15.4 Å². The molecule has 0 unspecified atom stereocenters. The second-order valence-corrected chi connectivity index (χ2v) is 9.97. The normalized spacial score (nSPS) is 12.1. The lowest BCUT2D eigenvalue weighted by Gasteiger charge is -2.16. The Morgan fingerprint density at radius 2 is 1.49 bits per heavy atom. The number of nitrogen functional groups attached to an aromatic ring is 1. The van der Waals surface area contributed by atoms with E-state index in [1.165, 1.54) is 6.08 Å². The molecule has 0 radical (unpaired) electrons. The predicted octanol–water partition coefficient (Wildman–Crippen LogP) is 1.90. The Morgan fingerprint density at radius 3 is 2.11 bits per heavy atom. The van der Waals surface area contributed by atoms with Crippen LogP contribution < -0.4 is 21.1 Å². The highest BCUT2D eigenvalue weighted by atomic mass is 32.2. The van der Waals surface area contributed by atoms with Gasteiger partial charge in [-0.15, -0.1) is 0 Å². The van der Waals surface area contributed by atoms with E-state index in [1.54, 1.807) is 60.7 Å². The number of amidine groups is 1. The van der Waals surface area contributed by atoms with Crippen molar-refractivity contribution in [3.8, 4) is 0 Å². The molecular weight excluding hydrogens is 490 g/mol. The molecule has 37 heavy (non-hydrogen) atoms. The van der Waals surface area contributed by atoms with Crippen molar-refractivity contribution in [1.82, 2.24) is 15.4 Å². The first-order chi connectivity index (χ1) is 17.7. The molecule has 3 rings (SSSR count). The van der Waals surface area contributed by atoms with Gasteiger partial charge in [0.05, 0.1) is 12.3 Å². The van der Waals surface area contributed by atoms with E-state index in [0.717, 1.165) is 11.1 Å². The standard InChI is InChI=1S/C27H29N5O4S/c28-26(29)23-14-11-21(12-15-23)17-30-25(33)18-31-27(34)24(16-13-20-7-3-1-4-8-20)32-37(35,36)19-22-9-5-2-6-10-22/h1-16,24,32H,17-19H2,(H3,28,29)(H,30,33)(H,31,34)/b16-13+/t24-/m1/s1. The largest absolute Gasteiger partial charge is 0.384 e. The minimum Gasteiger partial charge on any atom is -0.384 e. The number of carbonyl (C=O) groups excluding carboxylic acids is 2. The van der Waals surface area contributed by atoms with Crippen LogP contribution in [0.1, 0.15) is 22.3 Å². The number of nitrogens with two attached hydrogens (primary N) is 1. The molecule has 0 fully saturated rings. The number of hydrogen-bond donors (Lipinski definition) is 5. The molecule has 0 aliphatic rings. The lowest BCUT2D eigenvalue weighted by molar-refractivity contribution is -0.126. The van der Waals surface area contributed by atoms with Crippen molar-refractivity contribution in [3.63, 3.8) is 0 Å². The number of carbonyl (C=O) groups is 2. The number of nitrogens with one attached hydrogen (secondary N) is 4. The van der Waals surface area contributed by atoms with E-state index < -0.39 is 27.9 Å². The van der Waals surface area contributed by atoms with Gasteiger partial charge in [0.1, 0.15) is 11.9 Å². The Bertz CT molecular complexity index is 1340. The molecule has 192 valence electrons. The minimum absolute atomic E-state index is 0.0476. The summed E-state index contributed by atoms with van der Waals surface area (Å²) in [6.45, 7) is -0.117. The fraction of sp³-hybridized carbons (Fsp3) is 0.148. The maximum Gasteiger partial charge on any atom is 0.242 e. The first kappa shape index (κ1) is 27.3.